The minimum atomic E-state index is -4.38. The number of hydrogen-bond acceptors (Lipinski definition) is 9. The minimum absolute atomic E-state index is 0.0639. The van der Waals surface area contributed by atoms with Crippen LogP contribution >= 0.6 is 0 Å². The number of nitrogens with zero attached hydrogens (tertiary/aromatic N) is 1. The maximum absolute atomic E-state index is 13.6. The SMILES string of the molecule is O=S(=O)(O[C@@H]1O[C@H](COCc2ccccc2)[C@H](OCc2ccccc2)[C@H](OCc2ccccc2)[C@H]1OCc1ccccc1)c1ccccn1. The summed E-state index contributed by atoms with van der Waals surface area (Å²) < 4.78 is 65.4. The van der Waals surface area contributed by atoms with Crippen LogP contribution in [0.5, 0.6) is 0 Å². The molecule has 254 valence electrons. The van der Waals surface area contributed by atoms with Crippen molar-refractivity contribution in [3.63, 3.8) is 0 Å². The Morgan fingerprint density at radius 2 is 0.980 bits per heavy atom. The Morgan fingerprint density at radius 3 is 1.47 bits per heavy atom. The van der Waals surface area contributed by atoms with E-state index in [1.54, 1.807) is 12.1 Å². The Bertz CT molecular complexity index is 1780. The van der Waals surface area contributed by atoms with Gasteiger partial charge in [-0.3, -0.25) is 0 Å². The predicted octanol–water partition coefficient (Wildman–Crippen LogP) is 6.48. The maximum Gasteiger partial charge on any atom is 0.317 e. The number of aromatic nitrogens is 1. The predicted molar refractivity (Wildman–Crippen MR) is 182 cm³/mol. The molecular weight excluding hydrogens is 642 g/mol. The van der Waals surface area contributed by atoms with Gasteiger partial charge >= 0.3 is 10.1 Å². The third-order valence-electron chi connectivity index (χ3n) is 7.96. The van der Waals surface area contributed by atoms with Gasteiger partial charge < -0.3 is 23.7 Å². The van der Waals surface area contributed by atoms with Crippen LogP contribution < -0.4 is 0 Å². The highest BCUT2D eigenvalue weighted by molar-refractivity contribution is 7.86. The standard InChI is InChI=1S/C39H39NO8S/c41-49(42,35-23-13-14-24-40-35)48-39-38(46-28-33-21-11-4-12-22-33)37(45-27-32-19-9-3-10-20-32)36(44-26-31-17-7-2-8-18-31)34(47-39)29-43-25-30-15-5-1-6-16-30/h1-24,34,36-39H,25-29H2/t34-,36+,37+,38-,39+/m1/s1. The van der Waals surface area contributed by atoms with Gasteiger partial charge in [-0.1, -0.05) is 127 Å². The molecule has 0 N–H and O–H groups in total. The molecule has 0 spiro atoms. The van der Waals surface area contributed by atoms with Crippen LogP contribution in [0.2, 0.25) is 0 Å². The molecule has 4 aromatic carbocycles. The highest BCUT2D eigenvalue weighted by Gasteiger charge is 2.50. The molecule has 2 heterocycles. The Labute approximate surface area is 287 Å². The van der Waals surface area contributed by atoms with Crippen LogP contribution in [0.3, 0.4) is 0 Å². The molecule has 0 bridgehead atoms. The van der Waals surface area contributed by atoms with E-state index in [-0.39, 0.29) is 31.5 Å². The zero-order chi connectivity index (χ0) is 33.7. The second kappa shape index (κ2) is 17.4. The highest BCUT2D eigenvalue weighted by Crippen LogP contribution is 2.33. The summed E-state index contributed by atoms with van der Waals surface area (Å²) in [7, 11) is -4.38. The summed E-state index contributed by atoms with van der Waals surface area (Å²) in [5.41, 5.74) is 3.73. The average molecular weight is 682 g/mol. The molecule has 49 heavy (non-hydrogen) atoms. The summed E-state index contributed by atoms with van der Waals surface area (Å²) >= 11 is 0. The molecule has 0 aliphatic carbocycles. The van der Waals surface area contributed by atoms with Gasteiger partial charge in [0.25, 0.3) is 0 Å². The normalized spacial score (nSPS) is 20.9. The van der Waals surface area contributed by atoms with E-state index < -0.39 is 40.8 Å². The lowest BCUT2D eigenvalue weighted by Crippen LogP contribution is -2.62. The summed E-state index contributed by atoms with van der Waals surface area (Å²) in [5, 5.41) is -0.249. The molecule has 0 saturated carbocycles. The molecule has 5 atom stereocenters. The first-order valence-corrected chi connectivity index (χ1v) is 17.5. The Hall–Kier alpha value is -4.26. The third kappa shape index (κ3) is 9.90. The lowest BCUT2D eigenvalue weighted by atomic mass is 9.98. The average Bonchev–Trinajstić information content (AvgIpc) is 3.15. The first-order chi connectivity index (χ1) is 24.0. The second-order valence-electron chi connectivity index (χ2n) is 11.5. The van der Waals surface area contributed by atoms with Crippen LogP contribution in [-0.2, 0) is 64.4 Å². The van der Waals surface area contributed by atoms with E-state index >= 15 is 0 Å². The fourth-order valence-electron chi connectivity index (χ4n) is 5.49. The molecule has 6 rings (SSSR count). The van der Waals surface area contributed by atoms with Gasteiger partial charge in [0.2, 0.25) is 6.29 Å². The Morgan fingerprint density at radius 1 is 0.531 bits per heavy atom. The molecule has 0 unspecified atom stereocenters. The van der Waals surface area contributed by atoms with Gasteiger partial charge in [0, 0.05) is 6.20 Å². The highest BCUT2D eigenvalue weighted by atomic mass is 32.2. The van der Waals surface area contributed by atoms with Crippen LogP contribution in [0.25, 0.3) is 0 Å². The summed E-state index contributed by atoms with van der Waals surface area (Å²) in [6, 6.07) is 43.4. The van der Waals surface area contributed by atoms with Crippen molar-refractivity contribution in [1.29, 1.82) is 0 Å². The van der Waals surface area contributed by atoms with Gasteiger partial charge in [0.15, 0.2) is 5.03 Å². The zero-order valence-corrected chi connectivity index (χ0v) is 27.7. The molecule has 0 amide bonds. The fourth-order valence-corrected chi connectivity index (χ4v) is 6.43. The van der Waals surface area contributed by atoms with Gasteiger partial charge in [-0.25, -0.2) is 9.17 Å². The summed E-state index contributed by atoms with van der Waals surface area (Å²) in [6.45, 7) is 0.976. The monoisotopic (exact) mass is 681 g/mol. The molecule has 1 saturated heterocycles. The minimum Gasteiger partial charge on any atom is -0.374 e. The molecule has 1 aliphatic rings. The van der Waals surface area contributed by atoms with E-state index in [2.05, 4.69) is 4.98 Å². The number of ether oxygens (including phenoxy) is 5. The molecule has 5 aromatic rings. The summed E-state index contributed by atoms with van der Waals surface area (Å²) in [5.74, 6) is 0. The summed E-state index contributed by atoms with van der Waals surface area (Å²) in [4.78, 5) is 4.02. The van der Waals surface area contributed by atoms with Crippen LogP contribution in [0.1, 0.15) is 22.3 Å². The van der Waals surface area contributed by atoms with Crippen molar-refractivity contribution in [1.82, 2.24) is 4.98 Å². The van der Waals surface area contributed by atoms with Crippen molar-refractivity contribution in [2.75, 3.05) is 6.61 Å². The lowest BCUT2D eigenvalue weighted by Gasteiger charge is -2.45. The first-order valence-electron chi connectivity index (χ1n) is 16.1. The van der Waals surface area contributed by atoms with Crippen LogP contribution in [0, 0.1) is 0 Å². The fraction of sp³-hybridized carbons (Fsp3) is 0.256. The van der Waals surface area contributed by atoms with Crippen LogP contribution in [-0.4, -0.2) is 50.7 Å². The first kappa shape index (κ1) is 34.6. The van der Waals surface area contributed by atoms with Crippen molar-refractivity contribution in [3.8, 4) is 0 Å². The van der Waals surface area contributed by atoms with Crippen molar-refractivity contribution in [2.24, 2.45) is 0 Å². The molecule has 1 aromatic heterocycles. The van der Waals surface area contributed by atoms with Gasteiger partial charge in [-0.15, -0.1) is 0 Å². The molecule has 1 aliphatic heterocycles. The number of rotatable bonds is 16. The van der Waals surface area contributed by atoms with Crippen LogP contribution in [0.4, 0.5) is 0 Å². The van der Waals surface area contributed by atoms with Crippen LogP contribution in [0.15, 0.2) is 151 Å². The molecule has 10 heteroatoms. The second-order valence-corrected chi connectivity index (χ2v) is 13.1. The maximum atomic E-state index is 13.6. The molecule has 9 nitrogen and oxygen atoms in total. The smallest absolute Gasteiger partial charge is 0.317 e. The quantitative estimate of drug-likeness (QED) is 0.108. The largest absolute Gasteiger partial charge is 0.374 e. The van der Waals surface area contributed by atoms with Crippen molar-refractivity contribution in [3.05, 3.63) is 168 Å². The van der Waals surface area contributed by atoms with Crippen molar-refractivity contribution < 1.29 is 36.3 Å². The molecular formula is C39H39NO8S. The van der Waals surface area contributed by atoms with Gasteiger partial charge in [0.05, 0.1) is 33.0 Å². The number of benzene rings is 4. The van der Waals surface area contributed by atoms with E-state index in [4.69, 9.17) is 27.9 Å². The number of pyridine rings is 1. The Kier molecular flexibility index (Phi) is 12.3. The van der Waals surface area contributed by atoms with E-state index in [0.29, 0.717) is 6.61 Å². The third-order valence-corrected chi connectivity index (χ3v) is 9.15. The Balaban J connectivity index is 1.34. The van der Waals surface area contributed by atoms with Gasteiger partial charge in [0.1, 0.15) is 24.4 Å². The zero-order valence-electron chi connectivity index (χ0n) is 26.9. The number of hydrogen-bond donors (Lipinski definition) is 0. The topological polar surface area (TPSA) is 102 Å². The molecule has 0 radical (unpaired) electrons. The van der Waals surface area contributed by atoms with Crippen molar-refractivity contribution in [2.45, 2.75) is 62.2 Å². The van der Waals surface area contributed by atoms with Gasteiger partial charge in [-0.2, -0.15) is 8.42 Å². The van der Waals surface area contributed by atoms with Gasteiger partial charge in [-0.05, 0) is 34.4 Å². The lowest BCUT2D eigenvalue weighted by molar-refractivity contribution is -0.309. The van der Waals surface area contributed by atoms with E-state index in [9.17, 15) is 8.42 Å². The van der Waals surface area contributed by atoms with E-state index in [1.807, 2.05) is 121 Å². The van der Waals surface area contributed by atoms with Crippen molar-refractivity contribution >= 4 is 10.1 Å². The van der Waals surface area contributed by atoms with E-state index in [1.165, 1.54) is 12.3 Å². The molecule has 1 fully saturated rings. The summed E-state index contributed by atoms with van der Waals surface area (Å²) in [6.07, 6.45) is -3.44. The van der Waals surface area contributed by atoms with E-state index in [0.717, 1.165) is 22.3 Å².